The van der Waals surface area contributed by atoms with Crippen LogP contribution < -0.4 is 0 Å². The summed E-state index contributed by atoms with van der Waals surface area (Å²) in [4.78, 5) is 19.0. The summed E-state index contributed by atoms with van der Waals surface area (Å²) in [5, 5.41) is 0. The number of benzene rings is 2. The van der Waals surface area contributed by atoms with Crippen molar-refractivity contribution in [3.8, 4) is 0 Å². The molecule has 3 aromatic rings. The van der Waals surface area contributed by atoms with Crippen molar-refractivity contribution in [3.63, 3.8) is 0 Å². The van der Waals surface area contributed by atoms with Gasteiger partial charge in [-0.15, -0.1) is 0 Å². The van der Waals surface area contributed by atoms with Crippen LogP contribution in [0.4, 0.5) is 0 Å². The molecule has 0 aliphatic carbocycles. The van der Waals surface area contributed by atoms with Gasteiger partial charge in [0.1, 0.15) is 0 Å². The summed E-state index contributed by atoms with van der Waals surface area (Å²) in [6.07, 6.45) is 0.944. The second-order valence-corrected chi connectivity index (χ2v) is 6.59. The minimum atomic E-state index is 0.0142. The Balaban J connectivity index is 1.89. The number of hydrogen-bond donors (Lipinski definition) is 0. The quantitative estimate of drug-likeness (QED) is 0.604. The predicted octanol–water partition coefficient (Wildman–Crippen LogP) is 4.32. The number of rotatable bonds is 7. The maximum atomic E-state index is 12.1. The Morgan fingerprint density at radius 1 is 1.12 bits per heavy atom. The van der Waals surface area contributed by atoms with Crippen LogP contribution in [-0.4, -0.2) is 33.8 Å². The fraction of sp³-hybridized carbons (Fsp3) is 0.333. The van der Waals surface area contributed by atoms with E-state index in [-0.39, 0.29) is 11.8 Å². The third-order valence-electron chi connectivity index (χ3n) is 4.56. The molecule has 1 aromatic heterocycles. The summed E-state index contributed by atoms with van der Waals surface area (Å²) in [6.45, 7) is 5.52. The van der Waals surface area contributed by atoms with Crippen molar-refractivity contribution in [2.75, 3.05) is 13.6 Å². The Morgan fingerprint density at radius 2 is 1.80 bits per heavy atom. The number of carbonyl (C=O) groups excluding carboxylic acids is 1. The highest BCUT2D eigenvalue weighted by Crippen LogP contribution is 2.24. The molecule has 3 rings (SSSR count). The molecule has 0 saturated heterocycles. The number of fused-ring (bicyclic) bond motifs is 1. The molecule has 0 amide bonds. The number of nitrogens with zero attached hydrogens (tertiary/aromatic N) is 3. The van der Waals surface area contributed by atoms with E-state index in [1.807, 2.05) is 24.3 Å². The van der Waals surface area contributed by atoms with Crippen molar-refractivity contribution >= 4 is 16.8 Å². The lowest BCUT2D eigenvalue weighted by atomic mass is 10.1. The van der Waals surface area contributed by atoms with Crippen LogP contribution in [0.2, 0.25) is 0 Å². The van der Waals surface area contributed by atoms with E-state index in [9.17, 15) is 4.79 Å². The van der Waals surface area contributed by atoms with E-state index >= 15 is 0 Å². The smallest absolute Gasteiger partial charge is 0.195 e. The molecule has 4 nitrogen and oxygen atoms in total. The monoisotopic (exact) mass is 335 g/mol. The van der Waals surface area contributed by atoms with Crippen LogP contribution in [0.5, 0.6) is 0 Å². The number of carbonyl (C=O) groups is 1. The average molecular weight is 335 g/mol. The van der Waals surface area contributed by atoms with Gasteiger partial charge in [-0.05, 0) is 31.2 Å². The summed E-state index contributed by atoms with van der Waals surface area (Å²) in [5.74, 6) is 0.571. The minimum absolute atomic E-state index is 0.0142. The molecule has 1 atom stereocenters. The van der Waals surface area contributed by atoms with Crippen LogP contribution in [0.3, 0.4) is 0 Å². The SMILES string of the molecule is CCC(CN(C)Cc1ccccc1)n1c(C(C)=O)nc2ccccc21. The summed E-state index contributed by atoms with van der Waals surface area (Å²) in [7, 11) is 2.13. The number of ketones is 1. The Labute approximate surface area is 149 Å². The van der Waals surface area contributed by atoms with Gasteiger partial charge in [0, 0.05) is 26.1 Å². The molecule has 0 aliphatic rings. The zero-order valence-electron chi connectivity index (χ0n) is 15.1. The van der Waals surface area contributed by atoms with Crippen LogP contribution in [-0.2, 0) is 6.54 Å². The Hall–Kier alpha value is -2.46. The first kappa shape index (κ1) is 17.4. The van der Waals surface area contributed by atoms with Crippen molar-refractivity contribution < 1.29 is 4.79 Å². The molecular formula is C21H25N3O. The molecule has 1 heterocycles. The molecule has 0 radical (unpaired) electrons. The highest BCUT2D eigenvalue weighted by molar-refractivity contribution is 5.94. The summed E-state index contributed by atoms with van der Waals surface area (Å²) < 4.78 is 2.12. The van der Waals surface area contributed by atoms with Crippen LogP contribution in [0.15, 0.2) is 54.6 Å². The lowest BCUT2D eigenvalue weighted by molar-refractivity contribution is 0.0996. The minimum Gasteiger partial charge on any atom is -0.317 e. The summed E-state index contributed by atoms with van der Waals surface area (Å²) in [6, 6.07) is 18.7. The molecule has 4 heteroatoms. The number of imidazole rings is 1. The number of aromatic nitrogens is 2. The van der Waals surface area contributed by atoms with Gasteiger partial charge in [0.2, 0.25) is 0 Å². The van der Waals surface area contributed by atoms with Gasteiger partial charge in [0.25, 0.3) is 0 Å². The second-order valence-electron chi connectivity index (χ2n) is 6.59. The zero-order chi connectivity index (χ0) is 17.8. The second kappa shape index (κ2) is 7.62. The highest BCUT2D eigenvalue weighted by atomic mass is 16.1. The van der Waals surface area contributed by atoms with Gasteiger partial charge in [-0.2, -0.15) is 0 Å². The van der Waals surface area contributed by atoms with E-state index in [1.54, 1.807) is 6.92 Å². The van der Waals surface area contributed by atoms with Gasteiger partial charge in [0.05, 0.1) is 11.0 Å². The van der Waals surface area contributed by atoms with E-state index in [1.165, 1.54) is 5.56 Å². The number of Topliss-reactive ketones (excluding diaryl/α,β-unsaturated/α-hetero) is 1. The molecule has 130 valence electrons. The fourth-order valence-electron chi connectivity index (χ4n) is 3.38. The lowest BCUT2D eigenvalue weighted by Gasteiger charge is -2.26. The maximum Gasteiger partial charge on any atom is 0.195 e. The van der Waals surface area contributed by atoms with E-state index in [2.05, 4.69) is 58.8 Å². The number of para-hydroxylation sites is 2. The van der Waals surface area contributed by atoms with Gasteiger partial charge < -0.3 is 9.47 Å². The normalized spacial score (nSPS) is 12.6. The van der Waals surface area contributed by atoms with Crippen molar-refractivity contribution in [1.82, 2.24) is 14.5 Å². The Kier molecular flexibility index (Phi) is 5.29. The van der Waals surface area contributed by atoms with Gasteiger partial charge >= 0.3 is 0 Å². The molecule has 1 unspecified atom stereocenters. The molecule has 0 bridgehead atoms. The Bertz CT molecular complexity index is 854. The average Bonchev–Trinajstić information content (AvgIpc) is 3.00. The van der Waals surface area contributed by atoms with Crippen molar-refractivity contribution in [2.24, 2.45) is 0 Å². The van der Waals surface area contributed by atoms with Crippen molar-refractivity contribution in [1.29, 1.82) is 0 Å². The van der Waals surface area contributed by atoms with Gasteiger partial charge in [-0.3, -0.25) is 4.79 Å². The largest absolute Gasteiger partial charge is 0.317 e. The highest BCUT2D eigenvalue weighted by Gasteiger charge is 2.21. The van der Waals surface area contributed by atoms with E-state index in [4.69, 9.17) is 0 Å². The fourth-order valence-corrected chi connectivity index (χ4v) is 3.38. The van der Waals surface area contributed by atoms with Crippen LogP contribution >= 0.6 is 0 Å². The third kappa shape index (κ3) is 3.80. The van der Waals surface area contributed by atoms with E-state index in [0.717, 1.165) is 30.5 Å². The first-order chi connectivity index (χ1) is 12.1. The summed E-state index contributed by atoms with van der Waals surface area (Å²) >= 11 is 0. The molecule has 0 N–H and O–H groups in total. The third-order valence-corrected chi connectivity index (χ3v) is 4.56. The zero-order valence-corrected chi connectivity index (χ0v) is 15.1. The molecule has 0 spiro atoms. The van der Waals surface area contributed by atoms with Gasteiger partial charge in [-0.25, -0.2) is 4.98 Å². The molecule has 25 heavy (non-hydrogen) atoms. The van der Waals surface area contributed by atoms with Gasteiger partial charge in [-0.1, -0.05) is 49.4 Å². The van der Waals surface area contributed by atoms with Crippen LogP contribution in [0.1, 0.15) is 42.5 Å². The number of hydrogen-bond acceptors (Lipinski definition) is 3. The Morgan fingerprint density at radius 3 is 2.48 bits per heavy atom. The predicted molar refractivity (Wildman–Crippen MR) is 102 cm³/mol. The van der Waals surface area contributed by atoms with Crippen LogP contribution in [0.25, 0.3) is 11.0 Å². The standard InChI is InChI=1S/C21H25N3O/c1-4-18(15-23(3)14-17-10-6-5-7-11-17)24-20-13-9-8-12-19(20)22-21(24)16(2)25/h5-13,18H,4,14-15H2,1-3H3. The van der Waals surface area contributed by atoms with Gasteiger partial charge in [0.15, 0.2) is 11.6 Å². The molecule has 0 aliphatic heterocycles. The van der Waals surface area contributed by atoms with E-state index < -0.39 is 0 Å². The first-order valence-electron chi connectivity index (χ1n) is 8.80. The molecule has 2 aromatic carbocycles. The first-order valence-corrected chi connectivity index (χ1v) is 8.80. The van der Waals surface area contributed by atoms with Crippen molar-refractivity contribution in [3.05, 3.63) is 66.0 Å². The summed E-state index contributed by atoms with van der Waals surface area (Å²) in [5.41, 5.74) is 3.21. The lowest BCUT2D eigenvalue weighted by Crippen LogP contribution is -2.28. The topological polar surface area (TPSA) is 38.1 Å². The molecule has 0 fully saturated rings. The van der Waals surface area contributed by atoms with Crippen LogP contribution in [0, 0.1) is 0 Å². The maximum absolute atomic E-state index is 12.1. The molecular weight excluding hydrogens is 310 g/mol. The van der Waals surface area contributed by atoms with E-state index in [0.29, 0.717) is 5.82 Å². The van der Waals surface area contributed by atoms with Crippen molar-refractivity contribution in [2.45, 2.75) is 32.9 Å². The molecule has 0 saturated carbocycles. The number of likely N-dealkylation sites (N-methyl/N-ethyl adjacent to an activating group) is 1.